The fourth-order valence-electron chi connectivity index (χ4n) is 2.62. The Balaban J connectivity index is 2.08. The highest BCUT2D eigenvalue weighted by Gasteiger charge is 2.28. The third-order valence-electron chi connectivity index (χ3n) is 3.71. The van der Waals surface area contributed by atoms with Crippen molar-refractivity contribution in [2.24, 2.45) is 0 Å². The zero-order chi connectivity index (χ0) is 17.0. The number of carbonyl (C=O) groups excluding carboxylic acids is 1. The van der Waals surface area contributed by atoms with Crippen molar-refractivity contribution in [1.82, 2.24) is 4.90 Å². The van der Waals surface area contributed by atoms with Crippen molar-refractivity contribution >= 4 is 16.7 Å². The average molecular weight is 317 g/mol. The van der Waals surface area contributed by atoms with Crippen LogP contribution >= 0.6 is 0 Å². The summed E-state index contributed by atoms with van der Waals surface area (Å²) in [5, 5.41) is 22.3. The van der Waals surface area contributed by atoms with Gasteiger partial charge in [-0.3, -0.25) is 4.79 Å². The smallest absolute Gasteiger partial charge is 0.221 e. The first kappa shape index (κ1) is 17.2. The fraction of sp³-hybridized carbons (Fsp3) is 0.389. The summed E-state index contributed by atoms with van der Waals surface area (Å²) in [6.07, 6.45) is -2.50. The number of amides is 1. The second-order valence-electron chi connectivity index (χ2n) is 5.79. The van der Waals surface area contributed by atoms with Crippen molar-refractivity contribution in [1.29, 1.82) is 0 Å². The molecule has 2 N–H and O–H groups in total. The van der Waals surface area contributed by atoms with E-state index >= 15 is 0 Å². The molecule has 2 unspecified atom stereocenters. The SMILES string of the molecule is CC(=O)N(C(C)C)C(O)C(O)COc1cccc2ccccc12. The molecule has 0 radical (unpaired) electrons. The number of fused-ring (bicyclic) bond motifs is 1. The van der Waals surface area contributed by atoms with Crippen LogP contribution in [0, 0.1) is 0 Å². The fourth-order valence-corrected chi connectivity index (χ4v) is 2.62. The van der Waals surface area contributed by atoms with E-state index in [0.717, 1.165) is 10.8 Å². The van der Waals surface area contributed by atoms with E-state index in [2.05, 4.69) is 0 Å². The average Bonchev–Trinajstić information content (AvgIpc) is 2.51. The van der Waals surface area contributed by atoms with Crippen molar-refractivity contribution in [3.05, 3.63) is 42.5 Å². The van der Waals surface area contributed by atoms with Crippen molar-refractivity contribution in [3.63, 3.8) is 0 Å². The van der Waals surface area contributed by atoms with Crippen molar-refractivity contribution in [2.45, 2.75) is 39.1 Å². The Morgan fingerprint density at radius 1 is 1.13 bits per heavy atom. The largest absolute Gasteiger partial charge is 0.490 e. The molecule has 23 heavy (non-hydrogen) atoms. The number of aliphatic hydroxyl groups is 2. The summed E-state index contributed by atoms with van der Waals surface area (Å²) in [6, 6.07) is 13.2. The summed E-state index contributed by atoms with van der Waals surface area (Å²) in [6.45, 7) is 4.82. The maximum atomic E-state index is 11.6. The number of hydrogen-bond donors (Lipinski definition) is 2. The molecule has 0 fully saturated rings. The first-order chi connectivity index (χ1) is 10.9. The summed E-state index contributed by atoms with van der Waals surface area (Å²) in [7, 11) is 0. The van der Waals surface area contributed by atoms with Crippen molar-refractivity contribution < 1.29 is 19.7 Å². The minimum absolute atomic E-state index is 0.105. The zero-order valence-corrected chi connectivity index (χ0v) is 13.6. The highest BCUT2D eigenvalue weighted by atomic mass is 16.5. The molecule has 1 amide bonds. The van der Waals surface area contributed by atoms with Gasteiger partial charge in [-0.15, -0.1) is 0 Å². The van der Waals surface area contributed by atoms with Crippen LogP contribution in [0.1, 0.15) is 20.8 Å². The lowest BCUT2D eigenvalue weighted by Gasteiger charge is -2.33. The standard InChI is InChI=1S/C18H23NO4/c1-12(2)19(13(3)20)18(22)16(21)11-23-17-10-6-8-14-7-4-5-9-15(14)17/h4-10,12,16,18,21-22H,11H2,1-3H3. The Bertz CT molecular complexity index is 666. The van der Waals surface area contributed by atoms with Gasteiger partial charge >= 0.3 is 0 Å². The number of ether oxygens (including phenoxy) is 1. The van der Waals surface area contributed by atoms with Crippen molar-refractivity contribution in [3.8, 4) is 5.75 Å². The van der Waals surface area contributed by atoms with Crippen LogP contribution in [-0.2, 0) is 4.79 Å². The van der Waals surface area contributed by atoms with Crippen LogP contribution in [-0.4, -0.2) is 46.0 Å². The van der Waals surface area contributed by atoms with Gasteiger partial charge in [-0.25, -0.2) is 0 Å². The van der Waals surface area contributed by atoms with Crippen LogP contribution in [0.4, 0.5) is 0 Å². The highest BCUT2D eigenvalue weighted by Crippen LogP contribution is 2.25. The quantitative estimate of drug-likeness (QED) is 0.801. The second kappa shape index (κ2) is 7.44. The Labute approximate surface area is 136 Å². The first-order valence-electron chi connectivity index (χ1n) is 7.67. The van der Waals surface area contributed by atoms with E-state index in [9.17, 15) is 15.0 Å². The van der Waals surface area contributed by atoms with E-state index < -0.39 is 12.3 Å². The van der Waals surface area contributed by atoms with Gasteiger partial charge < -0.3 is 19.8 Å². The van der Waals surface area contributed by atoms with E-state index in [-0.39, 0.29) is 18.6 Å². The summed E-state index contributed by atoms with van der Waals surface area (Å²) in [5.41, 5.74) is 0. The topological polar surface area (TPSA) is 70.0 Å². The van der Waals surface area contributed by atoms with Crippen LogP contribution < -0.4 is 4.74 Å². The van der Waals surface area contributed by atoms with E-state index in [1.54, 1.807) is 13.8 Å². The van der Waals surface area contributed by atoms with Crippen LogP contribution in [0.2, 0.25) is 0 Å². The molecule has 0 aliphatic heterocycles. The summed E-state index contributed by atoms with van der Waals surface area (Å²) in [5.74, 6) is 0.338. The number of benzene rings is 2. The van der Waals surface area contributed by atoms with Crippen LogP contribution in [0.25, 0.3) is 10.8 Å². The molecule has 0 saturated heterocycles. The predicted molar refractivity (Wildman–Crippen MR) is 89.1 cm³/mol. The Morgan fingerprint density at radius 2 is 1.78 bits per heavy atom. The van der Waals surface area contributed by atoms with Gasteiger partial charge in [0.2, 0.25) is 5.91 Å². The van der Waals surface area contributed by atoms with Crippen LogP contribution in [0.3, 0.4) is 0 Å². The molecule has 2 aromatic rings. The second-order valence-corrected chi connectivity index (χ2v) is 5.79. The van der Waals surface area contributed by atoms with Gasteiger partial charge in [0.1, 0.15) is 18.5 Å². The van der Waals surface area contributed by atoms with Gasteiger partial charge in [0, 0.05) is 18.4 Å². The Morgan fingerprint density at radius 3 is 2.43 bits per heavy atom. The molecule has 0 heterocycles. The molecule has 5 nitrogen and oxygen atoms in total. The summed E-state index contributed by atoms with van der Waals surface area (Å²) in [4.78, 5) is 12.8. The number of hydrogen-bond acceptors (Lipinski definition) is 4. The lowest BCUT2D eigenvalue weighted by molar-refractivity contribution is -0.154. The first-order valence-corrected chi connectivity index (χ1v) is 7.67. The van der Waals surface area contributed by atoms with Gasteiger partial charge in [0.15, 0.2) is 6.23 Å². The van der Waals surface area contributed by atoms with Gasteiger partial charge in [-0.05, 0) is 25.3 Å². The third kappa shape index (κ3) is 4.00. The molecule has 2 rings (SSSR count). The molecule has 0 aliphatic carbocycles. The van der Waals surface area contributed by atoms with Gasteiger partial charge in [-0.2, -0.15) is 0 Å². The molecule has 0 bridgehead atoms. The maximum Gasteiger partial charge on any atom is 0.221 e. The van der Waals surface area contributed by atoms with Gasteiger partial charge in [0.25, 0.3) is 0 Å². The van der Waals surface area contributed by atoms with Crippen LogP contribution in [0.5, 0.6) is 5.75 Å². The molecule has 124 valence electrons. The predicted octanol–water partition coefficient (Wildman–Crippen LogP) is 2.15. The van der Waals surface area contributed by atoms with Gasteiger partial charge in [-0.1, -0.05) is 36.4 Å². The summed E-state index contributed by atoms with van der Waals surface area (Å²) >= 11 is 0. The maximum absolute atomic E-state index is 11.6. The molecule has 2 atom stereocenters. The monoisotopic (exact) mass is 317 g/mol. The molecule has 0 aromatic heterocycles. The Hall–Kier alpha value is -2.11. The number of carbonyl (C=O) groups is 1. The lowest BCUT2D eigenvalue weighted by atomic mass is 10.1. The van der Waals surface area contributed by atoms with E-state index in [0.29, 0.717) is 5.75 Å². The number of rotatable bonds is 6. The number of aliphatic hydroxyl groups excluding tert-OH is 2. The van der Waals surface area contributed by atoms with E-state index in [1.807, 2.05) is 42.5 Å². The van der Waals surface area contributed by atoms with E-state index in [1.165, 1.54) is 11.8 Å². The summed E-state index contributed by atoms with van der Waals surface area (Å²) < 4.78 is 5.66. The molecular formula is C18H23NO4. The molecule has 0 aliphatic rings. The third-order valence-corrected chi connectivity index (χ3v) is 3.71. The van der Waals surface area contributed by atoms with Gasteiger partial charge in [0.05, 0.1) is 0 Å². The van der Waals surface area contributed by atoms with E-state index in [4.69, 9.17) is 4.74 Å². The minimum Gasteiger partial charge on any atom is -0.490 e. The molecule has 0 spiro atoms. The Kier molecular flexibility index (Phi) is 5.58. The van der Waals surface area contributed by atoms with Crippen molar-refractivity contribution in [2.75, 3.05) is 6.61 Å². The molecule has 5 heteroatoms. The minimum atomic E-state index is -1.30. The van der Waals surface area contributed by atoms with Crippen LogP contribution in [0.15, 0.2) is 42.5 Å². The lowest BCUT2D eigenvalue weighted by Crippen LogP contribution is -2.51. The number of nitrogens with zero attached hydrogens (tertiary/aromatic N) is 1. The molecule has 2 aromatic carbocycles. The normalized spacial score (nSPS) is 13.8. The molecule has 0 saturated carbocycles. The molecular weight excluding hydrogens is 294 g/mol. The highest BCUT2D eigenvalue weighted by molar-refractivity contribution is 5.88. The zero-order valence-electron chi connectivity index (χ0n) is 13.6.